The summed E-state index contributed by atoms with van der Waals surface area (Å²) in [6.45, 7) is 11.5. The van der Waals surface area contributed by atoms with E-state index in [1.54, 1.807) is 23.1 Å². The molecule has 2 aromatic rings. The van der Waals surface area contributed by atoms with Gasteiger partial charge in [0, 0.05) is 42.9 Å². The Morgan fingerprint density at radius 3 is 2.12 bits per heavy atom. The number of nitrogens with one attached hydrogen (secondary N) is 2. The summed E-state index contributed by atoms with van der Waals surface area (Å²) in [4.78, 5) is 28.4. The highest BCUT2D eigenvalue weighted by Crippen LogP contribution is 2.16. The van der Waals surface area contributed by atoms with E-state index in [1.165, 1.54) is 12.1 Å². The Bertz CT molecular complexity index is 1070. The van der Waals surface area contributed by atoms with Gasteiger partial charge < -0.3 is 20.6 Å². The summed E-state index contributed by atoms with van der Waals surface area (Å²) >= 11 is 0. The van der Waals surface area contributed by atoms with Gasteiger partial charge in [-0.05, 0) is 81.0 Å². The molecular formula is C32H47F2N3O3. The molecule has 0 aromatic heterocycles. The number of hydrogen-bond donors (Lipinski definition) is 3. The van der Waals surface area contributed by atoms with Crippen LogP contribution in [0.2, 0.25) is 0 Å². The fraction of sp³-hybridized carbons (Fsp3) is 0.562. The molecule has 2 aromatic carbocycles. The second-order valence-electron chi connectivity index (χ2n) is 10.8. The first-order valence-corrected chi connectivity index (χ1v) is 14.7. The van der Waals surface area contributed by atoms with Gasteiger partial charge in [0.25, 0.3) is 11.8 Å². The van der Waals surface area contributed by atoms with Gasteiger partial charge >= 0.3 is 0 Å². The largest absolute Gasteiger partial charge is 0.390 e. The van der Waals surface area contributed by atoms with Gasteiger partial charge in [0.05, 0.1) is 12.1 Å². The number of aliphatic hydroxyl groups excluding tert-OH is 1. The van der Waals surface area contributed by atoms with E-state index in [0.29, 0.717) is 29.8 Å². The van der Waals surface area contributed by atoms with Gasteiger partial charge in [0.15, 0.2) is 0 Å². The van der Waals surface area contributed by atoms with Crippen LogP contribution in [-0.4, -0.2) is 59.6 Å². The fourth-order valence-corrected chi connectivity index (χ4v) is 4.86. The highest BCUT2D eigenvalue weighted by Gasteiger charge is 2.25. The third-order valence-electron chi connectivity index (χ3n) is 6.94. The number of benzene rings is 2. The van der Waals surface area contributed by atoms with Crippen molar-refractivity contribution in [2.75, 3.05) is 19.6 Å². The van der Waals surface area contributed by atoms with Crippen LogP contribution >= 0.6 is 0 Å². The molecule has 0 aliphatic heterocycles. The lowest BCUT2D eigenvalue weighted by atomic mass is 9.99. The van der Waals surface area contributed by atoms with Crippen molar-refractivity contribution in [2.24, 2.45) is 0 Å². The molecule has 40 heavy (non-hydrogen) atoms. The number of carbonyl (C=O) groups excluding carboxylic acids is 2. The van der Waals surface area contributed by atoms with Crippen LogP contribution < -0.4 is 10.6 Å². The van der Waals surface area contributed by atoms with Crippen LogP contribution in [0.4, 0.5) is 8.78 Å². The van der Waals surface area contributed by atoms with Crippen LogP contribution in [0.3, 0.4) is 0 Å². The molecule has 3 atom stereocenters. The number of hydrogen-bond acceptors (Lipinski definition) is 4. The molecule has 0 bridgehead atoms. The quantitative estimate of drug-likeness (QED) is 0.214. The van der Waals surface area contributed by atoms with E-state index in [-0.39, 0.29) is 24.9 Å². The molecule has 0 aliphatic rings. The van der Waals surface area contributed by atoms with Crippen molar-refractivity contribution in [2.45, 2.75) is 97.8 Å². The van der Waals surface area contributed by atoms with Crippen molar-refractivity contribution in [1.82, 2.24) is 15.5 Å². The lowest BCUT2D eigenvalue weighted by molar-refractivity contribution is 0.0755. The van der Waals surface area contributed by atoms with Crippen LogP contribution in [0.5, 0.6) is 0 Å². The van der Waals surface area contributed by atoms with Gasteiger partial charge in [-0.15, -0.1) is 0 Å². The first-order valence-electron chi connectivity index (χ1n) is 14.7. The van der Waals surface area contributed by atoms with E-state index in [9.17, 15) is 23.5 Å². The molecule has 1 unspecified atom stereocenters. The molecular weight excluding hydrogens is 512 g/mol. The van der Waals surface area contributed by atoms with Crippen molar-refractivity contribution < 1.29 is 23.5 Å². The van der Waals surface area contributed by atoms with Gasteiger partial charge in [-0.3, -0.25) is 9.59 Å². The summed E-state index contributed by atoms with van der Waals surface area (Å²) in [7, 11) is 0. The third-order valence-corrected chi connectivity index (χ3v) is 6.94. The minimum atomic E-state index is -1.01. The minimum absolute atomic E-state index is 0.0336. The molecule has 222 valence electrons. The maximum Gasteiger partial charge on any atom is 0.253 e. The number of amides is 2. The molecule has 0 radical (unpaired) electrons. The first-order chi connectivity index (χ1) is 19.1. The van der Waals surface area contributed by atoms with Crippen molar-refractivity contribution in [3.63, 3.8) is 0 Å². The van der Waals surface area contributed by atoms with E-state index >= 15 is 0 Å². The predicted molar refractivity (Wildman–Crippen MR) is 157 cm³/mol. The van der Waals surface area contributed by atoms with Gasteiger partial charge in [-0.1, -0.05) is 40.0 Å². The molecule has 0 aliphatic carbocycles. The molecule has 0 heterocycles. The molecule has 0 saturated carbocycles. The fourth-order valence-electron chi connectivity index (χ4n) is 4.86. The number of aliphatic hydroxyl groups is 1. The van der Waals surface area contributed by atoms with Crippen molar-refractivity contribution in [3.05, 3.63) is 70.3 Å². The van der Waals surface area contributed by atoms with E-state index < -0.39 is 29.7 Å². The van der Waals surface area contributed by atoms with Crippen molar-refractivity contribution in [3.8, 4) is 0 Å². The average molecular weight is 560 g/mol. The van der Waals surface area contributed by atoms with Crippen molar-refractivity contribution in [1.29, 1.82) is 0 Å². The van der Waals surface area contributed by atoms with E-state index in [4.69, 9.17) is 0 Å². The summed E-state index contributed by atoms with van der Waals surface area (Å²) in [6, 6.07) is 7.58. The molecule has 3 N–H and O–H groups in total. The normalized spacial score (nSPS) is 13.5. The Morgan fingerprint density at radius 2 is 1.52 bits per heavy atom. The zero-order chi connectivity index (χ0) is 29.7. The van der Waals surface area contributed by atoms with Gasteiger partial charge in [-0.2, -0.15) is 0 Å². The Labute approximate surface area is 238 Å². The van der Waals surface area contributed by atoms with E-state index in [2.05, 4.69) is 17.6 Å². The molecule has 8 heteroatoms. The van der Waals surface area contributed by atoms with E-state index in [0.717, 1.165) is 50.2 Å². The third kappa shape index (κ3) is 11.0. The smallest absolute Gasteiger partial charge is 0.253 e. The average Bonchev–Trinajstić information content (AvgIpc) is 2.90. The molecule has 6 nitrogen and oxygen atoms in total. The van der Waals surface area contributed by atoms with Gasteiger partial charge in [-0.25, -0.2) is 8.78 Å². The van der Waals surface area contributed by atoms with Gasteiger partial charge in [0.2, 0.25) is 0 Å². The number of rotatable bonds is 17. The van der Waals surface area contributed by atoms with Crippen LogP contribution in [0.15, 0.2) is 36.4 Å². The molecule has 2 rings (SSSR count). The summed E-state index contributed by atoms with van der Waals surface area (Å²) in [5.74, 6) is -2.03. The second-order valence-corrected chi connectivity index (χ2v) is 10.8. The Kier molecular flexibility index (Phi) is 14.2. The lowest BCUT2D eigenvalue weighted by Crippen LogP contribution is -2.49. The van der Waals surface area contributed by atoms with Crippen LogP contribution in [-0.2, 0) is 6.42 Å². The molecule has 0 spiro atoms. The summed E-state index contributed by atoms with van der Waals surface area (Å²) < 4.78 is 27.8. The Balaban J connectivity index is 2.26. The molecule has 0 fully saturated rings. The first kappa shape index (κ1) is 33.4. The highest BCUT2D eigenvalue weighted by atomic mass is 19.1. The molecule has 0 saturated heterocycles. The molecule has 2 amide bonds. The standard InChI is InChI=1S/C32H47F2N3O3/c1-6-9-10-11-23(5)35-21-30(38)29(18-24-16-27(33)20-28(34)17-24)36-31(39)25-14-22(4)15-26(19-25)32(40)37(12-7-2)13-8-3/h14-17,19-20,23,29-30,35,38H,6-13,18,21H2,1-5H3,(H,36,39)/t23?,29-,30+/m0/s1. The number of nitrogens with zero attached hydrogens (tertiary/aromatic N) is 1. The summed E-state index contributed by atoms with van der Waals surface area (Å²) in [5.41, 5.74) is 1.81. The van der Waals surface area contributed by atoms with Crippen LogP contribution in [0.1, 0.15) is 98.1 Å². The number of carbonyl (C=O) groups is 2. The highest BCUT2D eigenvalue weighted by molar-refractivity contribution is 6.00. The van der Waals surface area contributed by atoms with Crippen LogP contribution in [0.25, 0.3) is 0 Å². The summed E-state index contributed by atoms with van der Waals surface area (Å²) in [5, 5.41) is 17.3. The summed E-state index contributed by atoms with van der Waals surface area (Å²) in [6.07, 6.45) is 4.97. The minimum Gasteiger partial charge on any atom is -0.390 e. The zero-order valence-electron chi connectivity index (χ0n) is 24.7. The maximum absolute atomic E-state index is 13.9. The van der Waals surface area contributed by atoms with Gasteiger partial charge in [0.1, 0.15) is 11.6 Å². The Morgan fingerprint density at radius 1 is 0.900 bits per heavy atom. The second kappa shape index (κ2) is 17.1. The topological polar surface area (TPSA) is 81.7 Å². The van der Waals surface area contributed by atoms with E-state index in [1.807, 2.05) is 27.7 Å². The van der Waals surface area contributed by atoms with Crippen molar-refractivity contribution >= 4 is 11.8 Å². The monoisotopic (exact) mass is 559 g/mol. The zero-order valence-corrected chi connectivity index (χ0v) is 24.7. The number of aryl methyl sites for hydroxylation is 1. The maximum atomic E-state index is 13.9. The number of halogens is 2. The number of unbranched alkanes of at least 4 members (excludes halogenated alkanes) is 2. The predicted octanol–water partition coefficient (Wildman–Crippen LogP) is 5.80. The van der Waals surface area contributed by atoms with Crippen LogP contribution in [0, 0.1) is 18.6 Å². The lowest BCUT2D eigenvalue weighted by Gasteiger charge is -2.26. The Hall–Kier alpha value is -2.84. The SMILES string of the molecule is CCCCCC(C)NC[C@@H](O)[C@H](Cc1cc(F)cc(F)c1)NC(=O)c1cc(C)cc(C(=O)N(CCC)CCC)c1.